The van der Waals surface area contributed by atoms with Crippen LogP contribution in [0.1, 0.15) is 47.5 Å². The molecule has 0 unspecified atom stereocenters. The highest BCUT2D eigenvalue weighted by Gasteiger charge is 2.28. The number of nitrogens with zero attached hydrogens (tertiary/aromatic N) is 1. The van der Waals surface area contributed by atoms with Gasteiger partial charge < -0.3 is 34.1 Å². The molecule has 2 aromatic carbocycles. The first-order chi connectivity index (χ1) is 20.0. The minimum Gasteiger partial charge on any atom is -0.493 e. The number of ketones is 1. The van der Waals surface area contributed by atoms with Crippen LogP contribution in [0.15, 0.2) is 30.3 Å². The van der Waals surface area contributed by atoms with Gasteiger partial charge >= 0.3 is 11.9 Å². The van der Waals surface area contributed by atoms with E-state index in [0.29, 0.717) is 41.0 Å². The Kier molecular flexibility index (Phi) is 9.56. The molecule has 2 N–H and O–H groups in total. The van der Waals surface area contributed by atoms with Gasteiger partial charge in [-0.3, -0.25) is 19.2 Å². The summed E-state index contributed by atoms with van der Waals surface area (Å²) in [6.45, 7) is 4.09. The molecule has 1 aliphatic rings. The molecule has 0 spiro atoms. The average Bonchev–Trinajstić information content (AvgIpc) is 3.57. The molecule has 0 fully saturated rings. The molecule has 12 heteroatoms. The van der Waals surface area contributed by atoms with Crippen molar-refractivity contribution < 1.29 is 48.3 Å². The first kappa shape index (κ1) is 30.6. The zero-order valence-electron chi connectivity index (χ0n) is 23.8. The number of ether oxygens (including phenoxy) is 4. The van der Waals surface area contributed by atoms with Crippen molar-refractivity contribution in [3.8, 4) is 23.0 Å². The number of carbonyl (C=O) groups is 4. The van der Waals surface area contributed by atoms with Crippen LogP contribution < -0.4 is 18.9 Å². The molecule has 1 aromatic heterocycles. The molecule has 1 amide bonds. The average molecular weight is 600 g/mol. The Hall–Kier alpha value is -4.32. The molecule has 11 nitrogen and oxygen atoms in total. The van der Waals surface area contributed by atoms with Gasteiger partial charge in [-0.25, -0.2) is 0 Å². The van der Waals surface area contributed by atoms with Gasteiger partial charge in [0.05, 0.1) is 30.9 Å². The van der Waals surface area contributed by atoms with E-state index in [1.54, 1.807) is 23.1 Å². The maximum atomic E-state index is 12.6. The highest BCUT2D eigenvalue weighted by molar-refractivity contribution is 7.20. The second-order valence-corrected chi connectivity index (χ2v) is 11.3. The van der Waals surface area contributed by atoms with E-state index in [-0.39, 0.29) is 37.7 Å². The largest absolute Gasteiger partial charge is 0.493 e. The smallest absolute Gasteiger partial charge is 0.306 e. The van der Waals surface area contributed by atoms with Crippen molar-refractivity contribution in [3.63, 3.8) is 0 Å². The minimum absolute atomic E-state index is 0.0661. The lowest BCUT2D eigenvalue weighted by molar-refractivity contribution is -0.145. The SMILES string of the molecule is COc1cc2c(cc1OCCOc1cc3cc(C(=O)C[C@H](C)C(=O)O)sc3cc1OC)CN(C(=O)C[C@H](C)C(=O)O)C2. The molecule has 224 valence electrons. The number of methoxy groups -OCH3 is 2. The summed E-state index contributed by atoms with van der Waals surface area (Å²) in [6.07, 6.45) is -0.145. The lowest BCUT2D eigenvalue weighted by atomic mass is 10.0. The number of hydrogen-bond donors (Lipinski definition) is 2. The second-order valence-electron chi connectivity index (χ2n) is 10.2. The number of hydrogen-bond acceptors (Lipinski definition) is 9. The van der Waals surface area contributed by atoms with Crippen molar-refractivity contribution in [2.75, 3.05) is 27.4 Å². The minimum atomic E-state index is -1.01. The van der Waals surface area contributed by atoms with Crippen LogP contribution in [0, 0.1) is 11.8 Å². The number of amides is 1. The molecule has 0 aliphatic carbocycles. The fraction of sp³-hybridized carbons (Fsp3) is 0.400. The molecule has 0 saturated heterocycles. The Morgan fingerprint density at radius 2 is 1.31 bits per heavy atom. The summed E-state index contributed by atoms with van der Waals surface area (Å²) in [4.78, 5) is 49.5. The molecular weight excluding hydrogens is 566 g/mol. The van der Waals surface area contributed by atoms with Crippen LogP contribution in [0.3, 0.4) is 0 Å². The van der Waals surface area contributed by atoms with E-state index in [4.69, 9.17) is 29.2 Å². The summed E-state index contributed by atoms with van der Waals surface area (Å²) >= 11 is 1.28. The number of rotatable bonds is 14. The first-order valence-corrected chi connectivity index (χ1v) is 14.2. The van der Waals surface area contributed by atoms with E-state index < -0.39 is 23.8 Å². The summed E-state index contributed by atoms with van der Waals surface area (Å²) in [5, 5.41) is 19.0. The lowest BCUT2D eigenvalue weighted by Crippen LogP contribution is -2.28. The van der Waals surface area contributed by atoms with Gasteiger partial charge in [-0.05, 0) is 40.8 Å². The standard InChI is InChI=1S/C30H33NO10S/c1-16(29(34)35)7-21(32)27-12-18-9-24(23(39-4)13-26(18)42-27)40-5-6-41-25-11-20-15-31(14-19(20)10-22(25)38-3)28(33)8-17(2)30(36)37/h9-13,16-17H,5-8,14-15H2,1-4H3,(H,34,35)(H,36,37)/t16-,17-/m0/s1. The molecule has 4 rings (SSSR count). The van der Waals surface area contributed by atoms with E-state index in [0.717, 1.165) is 21.2 Å². The fourth-order valence-electron chi connectivity index (χ4n) is 4.56. The molecule has 42 heavy (non-hydrogen) atoms. The van der Waals surface area contributed by atoms with Crippen molar-refractivity contribution in [1.82, 2.24) is 4.90 Å². The summed E-state index contributed by atoms with van der Waals surface area (Å²) in [7, 11) is 3.05. The molecule has 3 aromatic rings. The number of carboxylic acid groups (broad SMARTS) is 2. The van der Waals surface area contributed by atoms with Gasteiger partial charge in [0.15, 0.2) is 28.8 Å². The Morgan fingerprint density at radius 3 is 1.88 bits per heavy atom. The van der Waals surface area contributed by atoms with Crippen LogP contribution in [-0.2, 0) is 27.5 Å². The van der Waals surface area contributed by atoms with Gasteiger partial charge in [0.25, 0.3) is 0 Å². The molecule has 1 aliphatic heterocycles. The van der Waals surface area contributed by atoms with Gasteiger partial charge in [0.1, 0.15) is 13.2 Å². The van der Waals surface area contributed by atoms with E-state index in [1.807, 2.05) is 12.1 Å². The van der Waals surface area contributed by atoms with Crippen LogP contribution in [0.2, 0.25) is 0 Å². The predicted molar refractivity (Wildman–Crippen MR) is 154 cm³/mol. The van der Waals surface area contributed by atoms with Crippen molar-refractivity contribution >= 4 is 45.1 Å². The van der Waals surface area contributed by atoms with Gasteiger partial charge in [0.2, 0.25) is 5.91 Å². The Labute approximate surface area is 246 Å². The zero-order chi connectivity index (χ0) is 30.6. The molecule has 2 heterocycles. The fourth-order valence-corrected chi connectivity index (χ4v) is 5.58. The Bertz CT molecular complexity index is 1510. The molecule has 2 atom stereocenters. The van der Waals surface area contributed by atoms with Crippen LogP contribution in [0.25, 0.3) is 10.1 Å². The van der Waals surface area contributed by atoms with Crippen LogP contribution >= 0.6 is 11.3 Å². The van der Waals surface area contributed by atoms with Gasteiger partial charge in [-0.15, -0.1) is 11.3 Å². The first-order valence-electron chi connectivity index (χ1n) is 13.3. The number of Topliss-reactive ketones (excluding diaryl/α,β-unsaturated/α-hetero) is 1. The quantitative estimate of drug-likeness (QED) is 0.199. The summed E-state index contributed by atoms with van der Waals surface area (Å²) in [5.74, 6) is -2.04. The lowest BCUT2D eigenvalue weighted by Gasteiger charge is -2.16. The third-order valence-corrected chi connectivity index (χ3v) is 8.19. The summed E-state index contributed by atoms with van der Waals surface area (Å²) in [6, 6.07) is 8.93. The summed E-state index contributed by atoms with van der Waals surface area (Å²) < 4.78 is 23.7. The normalized spacial score (nSPS) is 13.8. The monoisotopic (exact) mass is 599 g/mol. The van der Waals surface area contributed by atoms with Crippen LogP contribution in [0.4, 0.5) is 0 Å². The number of carboxylic acids is 2. The highest BCUT2D eigenvalue weighted by Crippen LogP contribution is 2.38. The van der Waals surface area contributed by atoms with Crippen molar-refractivity contribution in [2.45, 2.75) is 39.8 Å². The van der Waals surface area contributed by atoms with Crippen molar-refractivity contribution in [1.29, 1.82) is 0 Å². The topological polar surface area (TPSA) is 149 Å². The molecule has 0 bridgehead atoms. The number of carbonyl (C=O) groups excluding carboxylic acids is 2. The number of aliphatic carboxylic acids is 2. The van der Waals surface area contributed by atoms with E-state index in [1.165, 1.54) is 39.4 Å². The molecule has 0 radical (unpaired) electrons. The van der Waals surface area contributed by atoms with E-state index >= 15 is 0 Å². The second kappa shape index (κ2) is 13.1. The molecular formula is C30H33NO10S. The van der Waals surface area contributed by atoms with Gasteiger partial charge in [0, 0.05) is 36.7 Å². The van der Waals surface area contributed by atoms with Crippen molar-refractivity contribution in [2.24, 2.45) is 11.8 Å². The highest BCUT2D eigenvalue weighted by atomic mass is 32.1. The Balaban J connectivity index is 1.39. The Morgan fingerprint density at radius 1 is 0.786 bits per heavy atom. The number of thiophene rings is 1. The predicted octanol–water partition coefficient (Wildman–Crippen LogP) is 4.62. The number of benzene rings is 2. The zero-order valence-corrected chi connectivity index (χ0v) is 24.6. The summed E-state index contributed by atoms with van der Waals surface area (Å²) in [5.41, 5.74) is 1.81. The maximum Gasteiger partial charge on any atom is 0.306 e. The third-order valence-electron chi connectivity index (χ3n) is 7.05. The number of fused-ring (bicyclic) bond motifs is 2. The van der Waals surface area contributed by atoms with Crippen LogP contribution in [0.5, 0.6) is 23.0 Å². The molecule has 0 saturated carbocycles. The van der Waals surface area contributed by atoms with E-state index in [2.05, 4.69) is 0 Å². The van der Waals surface area contributed by atoms with Gasteiger partial charge in [-0.1, -0.05) is 13.8 Å². The third kappa shape index (κ3) is 6.93. The van der Waals surface area contributed by atoms with Crippen molar-refractivity contribution in [3.05, 3.63) is 46.3 Å². The maximum absolute atomic E-state index is 12.6. The van der Waals surface area contributed by atoms with Gasteiger partial charge in [-0.2, -0.15) is 0 Å². The van der Waals surface area contributed by atoms with E-state index in [9.17, 15) is 19.2 Å². The van der Waals surface area contributed by atoms with Crippen LogP contribution in [-0.4, -0.2) is 66.2 Å².